The summed E-state index contributed by atoms with van der Waals surface area (Å²) in [5.74, 6) is -0.796. The van der Waals surface area contributed by atoms with Crippen molar-refractivity contribution in [3.05, 3.63) is 0 Å². The lowest BCUT2D eigenvalue weighted by Gasteiger charge is -2.42. The van der Waals surface area contributed by atoms with E-state index in [0.717, 1.165) is 0 Å². The van der Waals surface area contributed by atoms with Gasteiger partial charge >= 0.3 is 16.4 Å². The summed E-state index contributed by atoms with van der Waals surface area (Å²) >= 11 is 0. The Morgan fingerprint density at radius 1 is 1.42 bits per heavy atom. The van der Waals surface area contributed by atoms with E-state index >= 15 is 0 Å². The minimum Gasteiger partial charge on any atom is -0.444 e. The fraction of sp³-hybridized carbons (Fsp3) is 0.800. The molecule has 2 aliphatic rings. The molecule has 2 amide bonds. The summed E-state index contributed by atoms with van der Waals surface area (Å²) in [5, 5.41) is 0. The van der Waals surface area contributed by atoms with Crippen LogP contribution in [-0.2, 0) is 19.8 Å². The van der Waals surface area contributed by atoms with Gasteiger partial charge in [-0.25, -0.2) is 9.10 Å². The molecule has 2 saturated heterocycles. The average Bonchev–Trinajstić information content (AvgIpc) is 2.51. The normalized spacial score (nSPS) is 27.1. The molecule has 0 aromatic rings. The Kier molecular flexibility index (Phi) is 3.01. The van der Waals surface area contributed by atoms with Crippen LogP contribution < -0.4 is 0 Å². The van der Waals surface area contributed by atoms with E-state index in [1.165, 1.54) is 4.90 Å². The average molecular weight is 292 g/mol. The van der Waals surface area contributed by atoms with Crippen LogP contribution in [0.2, 0.25) is 0 Å². The summed E-state index contributed by atoms with van der Waals surface area (Å²) < 4.78 is 36.5. The molecule has 0 spiro atoms. The predicted molar refractivity (Wildman–Crippen MR) is 63.5 cm³/mol. The monoisotopic (exact) mass is 292 g/mol. The summed E-state index contributed by atoms with van der Waals surface area (Å²) in [6.45, 7) is 5.32. The van der Waals surface area contributed by atoms with Crippen molar-refractivity contribution in [1.29, 1.82) is 0 Å². The first kappa shape index (κ1) is 14.1. The fourth-order valence-electron chi connectivity index (χ4n) is 2.34. The Morgan fingerprint density at radius 3 is 2.47 bits per heavy atom. The zero-order chi connectivity index (χ0) is 14.6. The Labute approximate surface area is 111 Å². The van der Waals surface area contributed by atoms with Gasteiger partial charge < -0.3 is 4.74 Å². The van der Waals surface area contributed by atoms with Gasteiger partial charge in [-0.2, -0.15) is 8.42 Å². The van der Waals surface area contributed by atoms with E-state index in [0.29, 0.717) is 10.7 Å². The van der Waals surface area contributed by atoms with Crippen LogP contribution in [0, 0.1) is 0 Å². The number of hydrogen-bond acceptors (Lipinski definition) is 5. The molecular formula is C10H16N2O6S. The summed E-state index contributed by atoms with van der Waals surface area (Å²) in [6.07, 6.45) is -0.349. The molecule has 2 aliphatic heterocycles. The van der Waals surface area contributed by atoms with E-state index in [4.69, 9.17) is 9.29 Å². The van der Waals surface area contributed by atoms with Gasteiger partial charge in [0, 0.05) is 6.54 Å². The van der Waals surface area contributed by atoms with E-state index in [9.17, 15) is 18.0 Å². The molecule has 0 aromatic heterocycles. The minimum atomic E-state index is -4.55. The number of nitrogens with zero attached hydrogens (tertiary/aromatic N) is 2. The van der Waals surface area contributed by atoms with Gasteiger partial charge in [0.15, 0.2) is 0 Å². The first-order valence-corrected chi connectivity index (χ1v) is 7.22. The van der Waals surface area contributed by atoms with E-state index in [-0.39, 0.29) is 6.54 Å². The second-order valence-electron chi connectivity index (χ2n) is 5.59. The molecule has 2 fully saturated rings. The number of fused-ring (bicyclic) bond motifs is 1. The maximum absolute atomic E-state index is 11.9. The summed E-state index contributed by atoms with van der Waals surface area (Å²) in [7, 11) is -4.55. The van der Waals surface area contributed by atoms with E-state index in [1.807, 2.05) is 0 Å². The molecular weight excluding hydrogens is 276 g/mol. The van der Waals surface area contributed by atoms with E-state index in [1.54, 1.807) is 20.8 Å². The molecule has 2 unspecified atom stereocenters. The van der Waals surface area contributed by atoms with Crippen molar-refractivity contribution in [2.45, 2.75) is 44.9 Å². The number of likely N-dealkylation sites (tertiary alicyclic amines) is 1. The van der Waals surface area contributed by atoms with Crippen molar-refractivity contribution in [2.75, 3.05) is 6.54 Å². The molecule has 0 aromatic carbocycles. The van der Waals surface area contributed by atoms with Crippen LogP contribution in [-0.4, -0.2) is 58.4 Å². The third kappa shape index (κ3) is 2.39. The molecule has 9 heteroatoms. The first-order valence-electron chi connectivity index (χ1n) is 5.83. The highest BCUT2D eigenvalue weighted by Gasteiger charge is 2.60. The van der Waals surface area contributed by atoms with Gasteiger partial charge in [-0.05, 0) is 27.2 Å². The SMILES string of the molecule is CC(C)(C)OC(=O)N1CCC2C1C(=O)N2S(=O)(=O)O. The summed E-state index contributed by atoms with van der Waals surface area (Å²) in [4.78, 5) is 24.8. The van der Waals surface area contributed by atoms with Crippen LogP contribution in [0.3, 0.4) is 0 Å². The Balaban J connectivity index is 2.11. The van der Waals surface area contributed by atoms with Crippen molar-refractivity contribution < 1.29 is 27.3 Å². The molecule has 2 rings (SSSR count). The van der Waals surface area contributed by atoms with Crippen molar-refractivity contribution in [2.24, 2.45) is 0 Å². The first-order chi connectivity index (χ1) is 8.52. The van der Waals surface area contributed by atoms with Gasteiger partial charge in [-0.1, -0.05) is 0 Å². The zero-order valence-corrected chi connectivity index (χ0v) is 11.7. The van der Waals surface area contributed by atoms with Gasteiger partial charge in [0.1, 0.15) is 11.6 Å². The number of carbonyl (C=O) groups excluding carboxylic acids is 2. The number of ether oxygens (including phenoxy) is 1. The Hall–Kier alpha value is -1.35. The summed E-state index contributed by atoms with van der Waals surface area (Å²) in [5.41, 5.74) is -0.690. The number of carbonyl (C=O) groups is 2. The minimum absolute atomic E-state index is 0.224. The number of rotatable bonds is 1. The summed E-state index contributed by atoms with van der Waals surface area (Å²) in [6, 6.07) is -1.54. The Bertz CT molecular complexity index is 523. The van der Waals surface area contributed by atoms with Gasteiger partial charge in [-0.3, -0.25) is 14.2 Å². The molecule has 1 N–H and O–H groups in total. The third-order valence-corrected chi connectivity index (χ3v) is 3.96. The van der Waals surface area contributed by atoms with Crippen LogP contribution in [0.1, 0.15) is 27.2 Å². The number of amides is 2. The highest BCUT2D eigenvalue weighted by Crippen LogP contribution is 2.36. The van der Waals surface area contributed by atoms with Crippen molar-refractivity contribution >= 4 is 22.3 Å². The second kappa shape index (κ2) is 4.07. The highest BCUT2D eigenvalue weighted by molar-refractivity contribution is 7.84. The van der Waals surface area contributed by atoms with Crippen molar-refractivity contribution in [3.8, 4) is 0 Å². The number of β-lactam (4-membered cyclic amide) rings is 1. The molecule has 0 aliphatic carbocycles. The Morgan fingerprint density at radius 2 is 2.00 bits per heavy atom. The van der Waals surface area contributed by atoms with Gasteiger partial charge in [0.25, 0.3) is 5.91 Å². The molecule has 0 bridgehead atoms. The van der Waals surface area contributed by atoms with Crippen LogP contribution in [0.25, 0.3) is 0 Å². The molecule has 19 heavy (non-hydrogen) atoms. The van der Waals surface area contributed by atoms with Crippen molar-refractivity contribution in [3.63, 3.8) is 0 Å². The largest absolute Gasteiger partial charge is 0.444 e. The smallest absolute Gasteiger partial charge is 0.411 e. The van der Waals surface area contributed by atoms with Crippen LogP contribution in [0.5, 0.6) is 0 Å². The highest BCUT2D eigenvalue weighted by atomic mass is 32.2. The molecule has 0 radical (unpaired) electrons. The quantitative estimate of drug-likeness (QED) is 0.539. The lowest BCUT2D eigenvalue weighted by molar-refractivity contribution is -0.144. The van der Waals surface area contributed by atoms with Gasteiger partial charge in [-0.15, -0.1) is 0 Å². The maximum Gasteiger partial charge on any atom is 0.411 e. The molecule has 2 heterocycles. The third-order valence-electron chi connectivity index (χ3n) is 3.01. The van der Waals surface area contributed by atoms with E-state index in [2.05, 4.69) is 0 Å². The van der Waals surface area contributed by atoms with Crippen LogP contribution >= 0.6 is 0 Å². The molecule has 2 atom stereocenters. The molecule has 8 nitrogen and oxygen atoms in total. The maximum atomic E-state index is 11.9. The lowest BCUT2D eigenvalue weighted by Crippen LogP contribution is -2.68. The number of hydrogen-bond donors (Lipinski definition) is 1. The van der Waals surface area contributed by atoms with E-state index < -0.39 is 40.0 Å². The van der Waals surface area contributed by atoms with Gasteiger partial charge in [0.05, 0.1) is 6.04 Å². The van der Waals surface area contributed by atoms with Crippen LogP contribution in [0.4, 0.5) is 4.79 Å². The topological polar surface area (TPSA) is 104 Å². The van der Waals surface area contributed by atoms with Gasteiger partial charge in [0.2, 0.25) is 0 Å². The second-order valence-corrected chi connectivity index (χ2v) is 6.88. The zero-order valence-electron chi connectivity index (χ0n) is 10.9. The van der Waals surface area contributed by atoms with Crippen molar-refractivity contribution in [1.82, 2.24) is 9.21 Å². The predicted octanol–water partition coefficient (Wildman–Crippen LogP) is 0.00940. The fourth-order valence-corrected chi connectivity index (χ4v) is 3.24. The standard InChI is InChI=1S/C10H16N2O6S/c1-10(2,3)18-9(14)11-5-4-6-7(11)8(13)12(6)19(15,16)17/h6-7H,4-5H2,1-3H3,(H,15,16,17). The molecule has 108 valence electrons. The van der Waals surface area contributed by atoms with Crippen LogP contribution in [0.15, 0.2) is 0 Å². The lowest BCUT2D eigenvalue weighted by atomic mass is 10.0. The molecule has 0 saturated carbocycles.